The number of nitro groups is 1. The molecule has 0 atom stereocenters. The maximum absolute atomic E-state index is 13.1. The Morgan fingerprint density at radius 1 is 1.03 bits per heavy atom. The summed E-state index contributed by atoms with van der Waals surface area (Å²) in [7, 11) is -2.77. The van der Waals surface area contributed by atoms with E-state index >= 15 is 0 Å². The molecule has 10 heteroatoms. The normalized spacial score (nSPS) is 11.0. The third-order valence-electron chi connectivity index (χ3n) is 4.46. The molecule has 0 saturated heterocycles. The van der Waals surface area contributed by atoms with Crippen LogP contribution in [0.2, 0.25) is 0 Å². The molecule has 3 aromatic carbocycles. The molecular weight excluding hydrogens is 425 g/mol. The number of para-hydroxylation sites is 2. The van der Waals surface area contributed by atoms with Gasteiger partial charge in [-0.05, 0) is 42.3 Å². The lowest BCUT2D eigenvalue weighted by Crippen LogP contribution is -2.17. The van der Waals surface area contributed by atoms with Gasteiger partial charge in [-0.25, -0.2) is 12.8 Å². The average molecular weight is 445 g/mol. The fraction of sp³-hybridized carbons (Fsp3) is 0.143. The van der Waals surface area contributed by atoms with Gasteiger partial charge in [-0.15, -0.1) is 0 Å². The second kappa shape index (κ2) is 9.43. The SMILES string of the molecule is COc1ccccc1NS(=O)(=O)c1cc([N+](=O)[O-])ccc1NCCc1ccc(F)cc1. The quantitative estimate of drug-likeness (QED) is 0.377. The van der Waals surface area contributed by atoms with Crippen LogP contribution >= 0.6 is 0 Å². The highest BCUT2D eigenvalue weighted by atomic mass is 32.2. The molecular formula is C21H20FN3O5S. The molecule has 162 valence electrons. The first-order chi connectivity index (χ1) is 14.8. The minimum atomic E-state index is -4.18. The Morgan fingerprint density at radius 2 is 1.74 bits per heavy atom. The number of methoxy groups -OCH3 is 1. The van der Waals surface area contributed by atoms with Gasteiger partial charge in [0.2, 0.25) is 0 Å². The molecule has 0 unspecified atom stereocenters. The second-order valence-electron chi connectivity index (χ2n) is 6.55. The van der Waals surface area contributed by atoms with Gasteiger partial charge in [0, 0.05) is 18.7 Å². The summed E-state index contributed by atoms with van der Waals surface area (Å²) in [6.45, 7) is 0.334. The molecule has 8 nitrogen and oxygen atoms in total. The van der Waals surface area contributed by atoms with Crippen molar-refractivity contribution in [3.8, 4) is 5.75 Å². The van der Waals surface area contributed by atoms with E-state index in [0.717, 1.165) is 11.6 Å². The molecule has 0 spiro atoms. The van der Waals surface area contributed by atoms with Gasteiger partial charge in [0.1, 0.15) is 16.5 Å². The molecule has 0 saturated carbocycles. The Morgan fingerprint density at radius 3 is 2.42 bits per heavy atom. The Kier molecular flexibility index (Phi) is 6.71. The van der Waals surface area contributed by atoms with E-state index in [1.807, 2.05) is 0 Å². The maximum Gasteiger partial charge on any atom is 0.270 e. The number of non-ortho nitro benzene ring substituents is 1. The van der Waals surface area contributed by atoms with Gasteiger partial charge in [0.25, 0.3) is 15.7 Å². The van der Waals surface area contributed by atoms with Crippen molar-refractivity contribution in [3.63, 3.8) is 0 Å². The number of ether oxygens (including phenoxy) is 1. The average Bonchev–Trinajstić information content (AvgIpc) is 2.75. The molecule has 0 bridgehead atoms. The van der Waals surface area contributed by atoms with Crippen LogP contribution < -0.4 is 14.8 Å². The summed E-state index contributed by atoms with van der Waals surface area (Å²) in [6.07, 6.45) is 0.497. The monoisotopic (exact) mass is 445 g/mol. The van der Waals surface area contributed by atoms with Crippen LogP contribution in [0.1, 0.15) is 5.56 Å². The lowest BCUT2D eigenvalue weighted by molar-refractivity contribution is -0.385. The summed E-state index contributed by atoms with van der Waals surface area (Å²) in [5.74, 6) is -0.0369. The summed E-state index contributed by atoms with van der Waals surface area (Å²) in [5.41, 5.74) is 0.903. The summed E-state index contributed by atoms with van der Waals surface area (Å²) < 4.78 is 46.8. The van der Waals surface area contributed by atoms with Gasteiger partial charge >= 0.3 is 0 Å². The molecule has 31 heavy (non-hydrogen) atoms. The number of rotatable bonds is 9. The first-order valence-electron chi connectivity index (χ1n) is 9.23. The van der Waals surface area contributed by atoms with Gasteiger partial charge in [-0.1, -0.05) is 24.3 Å². The van der Waals surface area contributed by atoms with Crippen LogP contribution in [0.5, 0.6) is 5.75 Å². The number of halogens is 1. The van der Waals surface area contributed by atoms with Crippen molar-refractivity contribution in [2.45, 2.75) is 11.3 Å². The zero-order valence-electron chi connectivity index (χ0n) is 16.5. The smallest absolute Gasteiger partial charge is 0.270 e. The highest BCUT2D eigenvalue weighted by molar-refractivity contribution is 7.93. The number of benzene rings is 3. The topological polar surface area (TPSA) is 111 Å². The summed E-state index contributed by atoms with van der Waals surface area (Å²) in [5, 5.41) is 14.2. The molecule has 0 aliphatic heterocycles. The molecule has 3 aromatic rings. The number of hydrogen-bond acceptors (Lipinski definition) is 6. The minimum Gasteiger partial charge on any atom is -0.495 e. The predicted molar refractivity (Wildman–Crippen MR) is 115 cm³/mol. The van der Waals surface area contributed by atoms with E-state index in [2.05, 4.69) is 10.0 Å². The maximum atomic E-state index is 13.1. The van der Waals surface area contributed by atoms with Crippen molar-refractivity contribution in [3.05, 3.63) is 88.2 Å². The van der Waals surface area contributed by atoms with Crippen LogP contribution in [0.25, 0.3) is 0 Å². The number of nitro benzene ring substituents is 1. The van der Waals surface area contributed by atoms with Crippen molar-refractivity contribution in [1.82, 2.24) is 0 Å². The largest absolute Gasteiger partial charge is 0.495 e. The second-order valence-corrected chi connectivity index (χ2v) is 8.20. The summed E-state index contributed by atoms with van der Waals surface area (Å²) in [4.78, 5) is 10.3. The van der Waals surface area contributed by atoms with E-state index in [0.29, 0.717) is 18.7 Å². The zero-order valence-corrected chi connectivity index (χ0v) is 17.4. The standard InChI is InChI=1S/C21H20FN3O5S/c1-30-20-5-3-2-4-18(20)24-31(28,29)21-14-17(25(26)27)10-11-19(21)23-13-12-15-6-8-16(22)9-7-15/h2-11,14,23-24H,12-13H2,1H3. The van der Waals surface area contributed by atoms with Crippen molar-refractivity contribution < 1.29 is 22.5 Å². The molecule has 2 N–H and O–H groups in total. The lowest BCUT2D eigenvalue weighted by atomic mass is 10.1. The number of hydrogen-bond donors (Lipinski definition) is 2. The highest BCUT2D eigenvalue weighted by Crippen LogP contribution is 2.31. The molecule has 0 radical (unpaired) electrons. The fourth-order valence-corrected chi connectivity index (χ4v) is 4.19. The first-order valence-corrected chi connectivity index (χ1v) is 10.7. The molecule has 0 aromatic heterocycles. The molecule has 0 heterocycles. The predicted octanol–water partition coefficient (Wildman–Crippen LogP) is 4.20. The van der Waals surface area contributed by atoms with E-state index < -0.39 is 14.9 Å². The van der Waals surface area contributed by atoms with Crippen LogP contribution in [0.15, 0.2) is 71.6 Å². The Balaban J connectivity index is 1.88. The fourth-order valence-electron chi connectivity index (χ4n) is 2.91. The Labute approximate surface area is 178 Å². The van der Waals surface area contributed by atoms with Gasteiger partial charge in [0.15, 0.2) is 0 Å². The number of nitrogens with zero attached hydrogens (tertiary/aromatic N) is 1. The first kappa shape index (κ1) is 22.0. The van der Waals surface area contributed by atoms with Gasteiger partial charge < -0.3 is 10.1 Å². The highest BCUT2D eigenvalue weighted by Gasteiger charge is 2.23. The van der Waals surface area contributed by atoms with E-state index in [1.54, 1.807) is 30.3 Å². The molecule has 0 amide bonds. The van der Waals surface area contributed by atoms with Crippen LogP contribution in [-0.2, 0) is 16.4 Å². The minimum absolute atomic E-state index is 0.203. The van der Waals surface area contributed by atoms with Gasteiger partial charge in [-0.3, -0.25) is 14.8 Å². The number of sulfonamides is 1. The third-order valence-corrected chi connectivity index (χ3v) is 5.86. The van der Waals surface area contributed by atoms with Crippen LogP contribution in [0.4, 0.5) is 21.5 Å². The Hall–Kier alpha value is -3.66. The van der Waals surface area contributed by atoms with E-state index in [-0.39, 0.29) is 27.8 Å². The summed E-state index contributed by atoms with van der Waals surface area (Å²) in [6, 6.07) is 16.0. The van der Waals surface area contributed by atoms with E-state index in [9.17, 15) is 22.9 Å². The zero-order chi connectivity index (χ0) is 22.4. The van der Waals surface area contributed by atoms with Crippen LogP contribution in [0, 0.1) is 15.9 Å². The van der Waals surface area contributed by atoms with Crippen molar-refractivity contribution in [2.75, 3.05) is 23.7 Å². The lowest BCUT2D eigenvalue weighted by Gasteiger charge is -2.15. The molecule has 0 fully saturated rings. The van der Waals surface area contributed by atoms with E-state index in [1.165, 1.54) is 37.4 Å². The molecule has 3 rings (SSSR count). The Bertz CT molecular complexity index is 1180. The molecule has 0 aliphatic carbocycles. The number of anilines is 2. The van der Waals surface area contributed by atoms with E-state index in [4.69, 9.17) is 4.74 Å². The van der Waals surface area contributed by atoms with Crippen LogP contribution in [0.3, 0.4) is 0 Å². The third kappa shape index (κ3) is 5.48. The number of nitrogens with one attached hydrogen (secondary N) is 2. The van der Waals surface area contributed by atoms with Crippen LogP contribution in [-0.4, -0.2) is 27.0 Å². The van der Waals surface area contributed by atoms with Crippen molar-refractivity contribution in [2.24, 2.45) is 0 Å². The molecule has 0 aliphatic rings. The van der Waals surface area contributed by atoms with Gasteiger partial charge in [0.05, 0.1) is 23.4 Å². The van der Waals surface area contributed by atoms with Crippen molar-refractivity contribution in [1.29, 1.82) is 0 Å². The van der Waals surface area contributed by atoms with Crippen molar-refractivity contribution >= 4 is 27.1 Å². The van der Waals surface area contributed by atoms with Gasteiger partial charge in [-0.2, -0.15) is 0 Å². The summed E-state index contributed by atoms with van der Waals surface area (Å²) >= 11 is 0.